The van der Waals surface area contributed by atoms with Crippen LogP contribution in [-0.2, 0) is 16.5 Å². The van der Waals surface area contributed by atoms with Crippen molar-refractivity contribution in [2.45, 2.75) is 18.3 Å². The first-order valence-electron chi connectivity index (χ1n) is 4.18. The molecule has 1 aromatic carbocycles. The third kappa shape index (κ3) is 5.65. The Balaban J connectivity index is 0.00000196. The summed E-state index contributed by atoms with van der Waals surface area (Å²) in [6, 6.07) is 9.17. The molecule has 0 amide bonds. The van der Waals surface area contributed by atoms with Gasteiger partial charge in [0.1, 0.15) is 0 Å². The number of aryl methyl sites for hydroxylation is 1. The quantitative estimate of drug-likeness (QED) is 0.463. The molecule has 1 atom stereocenters. The Morgan fingerprint density at radius 2 is 1.73 bits per heavy atom. The summed E-state index contributed by atoms with van der Waals surface area (Å²) in [5.74, 6) is 0. The standard InChI is InChI=1S/C9H12O4S.Na/c10-9(14(11,12)13)7-6-8-4-2-1-3-5-8;/h1-5,9-10H,6-7H2,(H,11,12,13);/q;+1. The molecule has 0 radical (unpaired) electrons. The normalized spacial score (nSPS) is 12.9. The summed E-state index contributed by atoms with van der Waals surface area (Å²) < 4.78 is 29.4. The van der Waals surface area contributed by atoms with E-state index in [1.165, 1.54) is 0 Å². The van der Waals surface area contributed by atoms with Crippen LogP contribution in [0.1, 0.15) is 12.0 Å². The van der Waals surface area contributed by atoms with Crippen LogP contribution in [0.5, 0.6) is 0 Å². The molecule has 0 heterocycles. The molecule has 2 N–H and O–H groups in total. The molecule has 0 saturated heterocycles. The van der Waals surface area contributed by atoms with Crippen LogP contribution in [0.2, 0.25) is 0 Å². The molecule has 0 fully saturated rings. The number of aliphatic hydroxyl groups excluding tert-OH is 1. The fourth-order valence-electron chi connectivity index (χ4n) is 1.08. The van der Waals surface area contributed by atoms with Crippen LogP contribution < -0.4 is 29.6 Å². The summed E-state index contributed by atoms with van der Waals surface area (Å²) >= 11 is 0. The predicted octanol–water partition coefficient (Wildman–Crippen LogP) is -2.17. The Hall–Kier alpha value is 0.0900. The molecule has 1 rings (SSSR count). The van der Waals surface area contributed by atoms with Crippen molar-refractivity contribution in [1.29, 1.82) is 0 Å². The molecule has 0 aliphatic rings. The maximum Gasteiger partial charge on any atom is 1.00 e. The van der Waals surface area contributed by atoms with E-state index in [1.807, 2.05) is 30.3 Å². The second-order valence-corrected chi connectivity index (χ2v) is 4.57. The second-order valence-electron chi connectivity index (χ2n) is 2.99. The fourth-order valence-corrected chi connectivity index (χ4v) is 1.50. The van der Waals surface area contributed by atoms with Crippen LogP contribution in [0.3, 0.4) is 0 Å². The van der Waals surface area contributed by atoms with E-state index in [2.05, 4.69) is 0 Å². The molecule has 15 heavy (non-hydrogen) atoms. The fraction of sp³-hybridized carbons (Fsp3) is 0.333. The van der Waals surface area contributed by atoms with E-state index in [1.54, 1.807) is 0 Å². The van der Waals surface area contributed by atoms with Gasteiger partial charge in [-0.3, -0.25) is 4.55 Å². The van der Waals surface area contributed by atoms with Crippen LogP contribution in [0.25, 0.3) is 0 Å². The monoisotopic (exact) mass is 239 g/mol. The van der Waals surface area contributed by atoms with Crippen molar-refractivity contribution in [2.75, 3.05) is 0 Å². The van der Waals surface area contributed by atoms with Gasteiger partial charge in [0, 0.05) is 0 Å². The third-order valence-corrected chi connectivity index (χ3v) is 2.79. The molecule has 1 aromatic rings. The average Bonchev–Trinajstić information content (AvgIpc) is 2.14. The van der Waals surface area contributed by atoms with Crippen molar-refractivity contribution >= 4 is 10.1 Å². The molecule has 1 unspecified atom stereocenters. The van der Waals surface area contributed by atoms with E-state index in [-0.39, 0.29) is 36.0 Å². The first-order valence-corrected chi connectivity index (χ1v) is 5.69. The van der Waals surface area contributed by atoms with Crippen LogP contribution in [0, 0.1) is 0 Å². The minimum Gasteiger partial charge on any atom is -0.375 e. The topological polar surface area (TPSA) is 74.6 Å². The number of aliphatic hydroxyl groups is 1. The van der Waals surface area contributed by atoms with Gasteiger partial charge >= 0.3 is 29.6 Å². The van der Waals surface area contributed by atoms with Gasteiger partial charge in [-0.25, -0.2) is 0 Å². The summed E-state index contributed by atoms with van der Waals surface area (Å²) in [6.07, 6.45) is 0.421. The SMILES string of the molecule is O=S(=O)(O)C(O)CCc1ccccc1.[Na+]. The van der Waals surface area contributed by atoms with Gasteiger partial charge in [-0.2, -0.15) is 8.42 Å². The summed E-state index contributed by atoms with van der Waals surface area (Å²) in [5, 5.41) is 9.01. The average molecular weight is 239 g/mol. The van der Waals surface area contributed by atoms with Crippen molar-refractivity contribution in [3.05, 3.63) is 35.9 Å². The van der Waals surface area contributed by atoms with Crippen molar-refractivity contribution < 1.29 is 47.6 Å². The van der Waals surface area contributed by atoms with E-state index in [0.29, 0.717) is 6.42 Å². The van der Waals surface area contributed by atoms with Gasteiger partial charge in [-0.1, -0.05) is 30.3 Å². The molecule has 0 aromatic heterocycles. The minimum atomic E-state index is -4.32. The molecule has 6 heteroatoms. The zero-order chi connectivity index (χ0) is 10.6. The summed E-state index contributed by atoms with van der Waals surface area (Å²) in [5.41, 5.74) is -0.766. The Morgan fingerprint density at radius 3 is 2.20 bits per heavy atom. The molecule has 0 aliphatic carbocycles. The van der Waals surface area contributed by atoms with E-state index >= 15 is 0 Å². The summed E-state index contributed by atoms with van der Waals surface area (Å²) in [6.45, 7) is 0. The van der Waals surface area contributed by atoms with E-state index in [0.717, 1.165) is 5.56 Å². The van der Waals surface area contributed by atoms with Crippen LogP contribution in [0.4, 0.5) is 0 Å². The molecular weight excluding hydrogens is 227 g/mol. The molecule has 78 valence electrons. The summed E-state index contributed by atoms with van der Waals surface area (Å²) in [7, 11) is -4.32. The number of hydrogen-bond donors (Lipinski definition) is 2. The smallest absolute Gasteiger partial charge is 0.375 e. The van der Waals surface area contributed by atoms with Crippen molar-refractivity contribution in [2.24, 2.45) is 0 Å². The van der Waals surface area contributed by atoms with Crippen molar-refractivity contribution in [3.63, 3.8) is 0 Å². The Bertz CT molecular complexity index is 376. The molecule has 4 nitrogen and oxygen atoms in total. The third-order valence-electron chi connectivity index (χ3n) is 1.87. The maximum absolute atomic E-state index is 10.5. The molecule has 0 bridgehead atoms. The maximum atomic E-state index is 10.5. The van der Waals surface area contributed by atoms with Gasteiger partial charge in [-0.05, 0) is 18.4 Å². The van der Waals surface area contributed by atoms with Gasteiger partial charge in [0.05, 0.1) is 0 Å². The largest absolute Gasteiger partial charge is 1.00 e. The Morgan fingerprint density at radius 1 is 1.20 bits per heavy atom. The molecule has 0 aliphatic heterocycles. The minimum absolute atomic E-state index is 0. The van der Waals surface area contributed by atoms with Crippen LogP contribution in [0.15, 0.2) is 30.3 Å². The van der Waals surface area contributed by atoms with Gasteiger partial charge in [0.25, 0.3) is 10.1 Å². The number of rotatable bonds is 4. The predicted molar refractivity (Wildman–Crippen MR) is 52.3 cm³/mol. The Labute approximate surface area is 111 Å². The second kappa shape index (κ2) is 6.62. The van der Waals surface area contributed by atoms with Gasteiger partial charge in [-0.15, -0.1) is 0 Å². The summed E-state index contributed by atoms with van der Waals surface area (Å²) in [4.78, 5) is 0. The molecule has 0 saturated carbocycles. The van der Waals surface area contributed by atoms with Gasteiger partial charge in [0.2, 0.25) is 0 Å². The first-order chi connectivity index (χ1) is 6.50. The van der Waals surface area contributed by atoms with Crippen molar-refractivity contribution in [1.82, 2.24) is 0 Å². The zero-order valence-electron chi connectivity index (χ0n) is 8.50. The van der Waals surface area contributed by atoms with Gasteiger partial charge < -0.3 is 5.11 Å². The van der Waals surface area contributed by atoms with E-state index < -0.39 is 15.6 Å². The molecule has 0 spiro atoms. The van der Waals surface area contributed by atoms with E-state index in [9.17, 15) is 8.42 Å². The number of hydrogen-bond acceptors (Lipinski definition) is 3. The van der Waals surface area contributed by atoms with E-state index in [4.69, 9.17) is 9.66 Å². The van der Waals surface area contributed by atoms with Gasteiger partial charge in [0.15, 0.2) is 5.44 Å². The van der Waals surface area contributed by atoms with Crippen LogP contribution >= 0.6 is 0 Å². The Kier molecular flexibility index (Phi) is 6.66. The number of benzene rings is 1. The van der Waals surface area contributed by atoms with Crippen LogP contribution in [-0.4, -0.2) is 23.5 Å². The van der Waals surface area contributed by atoms with Crippen molar-refractivity contribution in [3.8, 4) is 0 Å². The molecular formula is C9H12NaO4S+. The zero-order valence-corrected chi connectivity index (χ0v) is 11.3. The first kappa shape index (κ1) is 15.1.